The molecule has 2 N–H and O–H groups in total. The predicted octanol–water partition coefficient (Wildman–Crippen LogP) is 3.31. The van der Waals surface area contributed by atoms with Crippen LogP contribution >= 0.6 is 0 Å². The minimum absolute atomic E-state index is 0.0937. The summed E-state index contributed by atoms with van der Waals surface area (Å²) in [4.78, 5) is 0. The molecule has 2 nitrogen and oxygen atoms in total. The van der Waals surface area contributed by atoms with Gasteiger partial charge in [-0.05, 0) is 43.4 Å². The summed E-state index contributed by atoms with van der Waals surface area (Å²) < 4.78 is 0. The van der Waals surface area contributed by atoms with Crippen LogP contribution in [-0.4, -0.2) is 17.7 Å². The van der Waals surface area contributed by atoms with Crippen molar-refractivity contribution in [2.45, 2.75) is 52.7 Å². The van der Waals surface area contributed by atoms with Crippen LogP contribution in [0.15, 0.2) is 24.3 Å². The van der Waals surface area contributed by atoms with Gasteiger partial charge in [-0.2, -0.15) is 0 Å². The molecule has 0 aliphatic carbocycles. The van der Waals surface area contributed by atoms with Gasteiger partial charge < -0.3 is 10.4 Å². The minimum Gasteiger partial charge on any atom is -0.387 e. The van der Waals surface area contributed by atoms with E-state index in [1.54, 1.807) is 0 Å². The Morgan fingerprint density at radius 3 is 2.22 bits per heavy atom. The lowest BCUT2D eigenvalue weighted by Crippen LogP contribution is -2.33. The van der Waals surface area contributed by atoms with Crippen LogP contribution in [0.3, 0.4) is 0 Å². The maximum Gasteiger partial charge on any atom is 0.0940 e. The molecule has 0 radical (unpaired) electrons. The van der Waals surface area contributed by atoms with Crippen molar-refractivity contribution in [2.24, 2.45) is 5.92 Å². The molecule has 0 spiro atoms. The summed E-state index contributed by atoms with van der Waals surface area (Å²) in [5, 5.41) is 13.6. The Balaban J connectivity index is 2.48. The maximum absolute atomic E-state index is 10.3. The number of aliphatic hydroxyl groups is 1. The van der Waals surface area contributed by atoms with E-state index < -0.39 is 6.10 Å². The Hall–Kier alpha value is -0.860. The molecular weight excluding hydrogens is 222 g/mol. The van der Waals surface area contributed by atoms with E-state index in [1.165, 1.54) is 5.56 Å². The van der Waals surface area contributed by atoms with E-state index in [-0.39, 0.29) is 6.04 Å². The quantitative estimate of drug-likeness (QED) is 0.777. The number of nitrogens with one attached hydrogen (secondary N) is 1. The van der Waals surface area contributed by atoms with Gasteiger partial charge in [-0.1, -0.05) is 45.0 Å². The standard InChI is InChI=1S/C16H27NO/c1-5-14-6-8-15(9-7-14)16(18)13(4)17-11-10-12(2)3/h6-9,12-13,16-18H,5,10-11H2,1-4H3. The van der Waals surface area contributed by atoms with Crippen LogP contribution in [0.1, 0.15) is 51.3 Å². The number of rotatable bonds is 7. The average molecular weight is 249 g/mol. The molecule has 2 unspecified atom stereocenters. The third-order valence-electron chi connectivity index (χ3n) is 3.39. The van der Waals surface area contributed by atoms with Gasteiger partial charge in [0.1, 0.15) is 0 Å². The van der Waals surface area contributed by atoms with Crippen molar-refractivity contribution in [2.75, 3.05) is 6.54 Å². The first-order valence-corrected chi connectivity index (χ1v) is 7.04. The second-order valence-corrected chi connectivity index (χ2v) is 5.47. The highest BCUT2D eigenvalue weighted by atomic mass is 16.3. The largest absolute Gasteiger partial charge is 0.387 e. The topological polar surface area (TPSA) is 32.3 Å². The summed E-state index contributed by atoms with van der Waals surface area (Å²) in [5.74, 6) is 0.700. The monoisotopic (exact) mass is 249 g/mol. The van der Waals surface area contributed by atoms with Crippen molar-refractivity contribution >= 4 is 0 Å². The second-order valence-electron chi connectivity index (χ2n) is 5.47. The number of hydrogen-bond donors (Lipinski definition) is 2. The molecule has 0 aliphatic heterocycles. The zero-order chi connectivity index (χ0) is 13.5. The highest BCUT2D eigenvalue weighted by molar-refractivity contribution is 5.24. The molecule has 1 rings (SSSR count). The van der Waals surface area contributed by atoms with Gasteiger partial charge >= 0.3 is 0 Å². The highest BCUT2D eigenvalue weighted by Gasteiger charge is 2.15. The van der Waals surface area contributed by atoms with E-state index in [0.717, 1.165) is 24.9 Å². The van der Waals surface area contributed by atoms with Crippen LogP contribution in [0.2, 0.25) is 0 Å². The Morgan fingerprint density at radius 2 is 1.72 bits per heavy atom. The molecule has 0 heterocycles. The summed E-state index contributed by atoms with van der Waals surface area (Å²) in [6.07, 6.45) is 1.76. The molecule has 2 atom stereocenters. The van der Waals surface area contributed by atoms with Crippen molar-refractivity contribution < 1.29 is 5.11 Å². The van der Waals surface area contributed by atoms with Gasteiger partial charge in [0.25, 0.3) is 0 Å². The smallest absolute Gasteiger partial charge is 0.0940 e. The van der Waals surface area contributed by atoms with Crippen LogP contribution in [0, 0.1) is 5.92 Å². The van der Waals surface area contributed by atoms with E-state index in [1.807, 2.05) is 19.1 Å². The minimum atomic E-state index is -0.428. The Morgan fingerprint density at radius 1 is 1.11 bits per heavy atom. The maximum atomic E-state index is 10.3. The number of hydrogen-bond acceptors (Lipinski definition) is 2. The first-order chi connectivity index (χ1) is 8.54. The molecule has 0 saturated carbocycles. The summed E-state index contributed by atoms with van der Waals surface area (Å²) in [6, 6.07) is 8.35. The molecule has 1 aromatic carbocycles. The third kappa shape index (κ3) is 4.79. The fraction of sp³-hybridized carbons (Fsp3) is 0.625. The first-order valence-electron chi connectivity index (χ1n) is 7.04. The van der Waals surface area contributed by atoms with Crippen molar-refractivity contribution in [1.29, 1.82) is 0 Å². The van der Waals surface area contributed by atoms with Crippen LogP contribution in [0.4, 0.5) is 0 Å². The van der Waals surface area contributed by atoms with E-state index in [9.17, 15) is 5.11 Å². The van der Waals surface area contributed by atoms with Gasteiger partial charge in [-0.15, -0.1) is 0 Å². The summed E-state index contributed by atoms with van der Waals surface area (Å²) in [5.41, 5.74) is 2.31. The first kappa shape index (κ1) is 15.2. The molecule has 0 saturated heterocycles. The van der Waals surface area contributed by atoms with Gasteiger partial charge in [0.15, 0.2) is 0 Å². The van der Waals surface area contributed by atoms with Crippen LogP contribution in [0.25, 0.3) is 0 Å². The molecule has 0 aliphatic rings. The van der Waals surface area contributed by atoms with E-state index in [0.29, 0.717) is 5.92 Å². The molecule has 0 aromatic heterocycles. The van der Waals surface area contributed by atoms with Crippen LogP contribution < -0.4 is 5.32 Å². The fourth-order valence-corrected chi connectivity index (χ4v) is 1.95. The highest BCUT2D eigenvalue weighted by Crippen LogP contribution is 2.17. The molecule has 18 heavy (non-hydrogen) atoms. The van der Waals surface area contributed by atoms with E-state index in [4.69, 9.17) is 0 Å². The Bertz CT molecular complexity index is 331. The van der Waals surface area contributed by atoms with Gasteiger partial charge in [0, 0.05) is 6.04 Å². The molecular formula is C16H27NO. The Kier molecular flexibility index (Phi) is 6.37. The van der Waals surface area contributed by atoms with Gasteiger partial charge in [0.05, 0.1) is 6.10 Å². The summed E-state index contributed by atoms with van der Waals surface area (Å²) in [7, 11) is 0. The van der Waals surface area contributed by atoms with Crippen LogP contribution in [0.5, 0.6) is 0 Å². The van der Waals surface area contributed by atoms with E-state index >= 15 is 0 Å². The third-order valence-corrected chi connectivity index (χ3v) is 3.39. The molecule has 0 bridgehead atoms. The number of benzene rings is 1. The van der Waals surface area contributed by atoms with Gasteiger partial charge in [0.2, 0.25) is 0 Å². The summed E-state index contributed by atoms with van der Waals surface area (Å²) >= 11 is 0. The Labute approximate surface area is 111 Å². The van der Waals surface area contributed by atoms with Crippen LogP contribution in [-0.2, 0) is 6.42 Å². The molecule has 0 amide bonds. The zero-order valence-electron chi connectivity index (χ0n) is 12.1. The molecule has 1 aromatic rings. The average Bonchev–Trinajstić information content (AvgIpc) is 2.37. The van der Waals surface area contributed by atoms with Gasteiger partial charge in [-0.25, -0.2) is 0 Å². The second kappa shape index (κ2) is 7.55. The fourth-order valence-electron chi connectivity index (χ4n) is 1.95. The molecule has 102 valence electrons. The number of aliphatic hydroxyl groups excluding tert-OH is 1. The lowest BCUT2D eigenvalue weighted by atomic mass is 10.0. The normalized spacial score (nSPS) is 14.8. The zero-order valence-corrected chi connectivity index (χ0v) is 12.1. The molecule has 2 heteroatoms. The van der Waals surface area contributed by atoms with Crippen molar-refractivity contribution in [3.8, 4) is 0 Å². The van der Waals surface area contributed by atoms with E-state index in [2.05, 4.69) is 38.2 Å². The van der Waals surface area contributed by atoms with Crippen molar-refractivity contribution in [3.63, 3.8) is 0 Å². The lowest BCUT2D eigenvalue weighted by Gasteiger charge is -2.21. The van der Waals surface area contributed by atoms with Gasteiger partial charge in [-0.3, -0.25) is 0 Å². The predicted molar refractivity (Wildman–Crippen MR) is 77.7 cm³/mol. The SMILES string of the molecule is CCc1ccc(C(O)C(C)NCCC(C)C)cc1. The van der Waals surface area contributed by atoms with Crippen molar-refractivity contribution in [3.05, 3.63) is 35.4 Å². The molecule has 0 fully saturated rings. The summed E-state index contributed by atoms with van der Waals surface area (Å²) in [6.45, 7) is 9.57. The lowest BCUT2D eigenvalue weighted by molar-refractivity contribution is 0.135. The number of aryl methyl sites for hydroxylation is 1. The van der Waals surface area contributed by atoms with Crippen molar-refractivity contribution in [1.82, 2.24) is 5.32 Å².